The van der Waals surface area contributed by atoms with Crippen LogP contribution in [-0.2, 0) is 19.5 Å². The van der Waals surface area contributed by atoms with Gasteiger partial charge in [0.2, 0.25) is 0 Å². The van der Waals surface area contributed by atoms with Crippen molar-refractivity contribution in [2.75, 3.05) is 21.1 Å². The van der Waals surface area contributed by atoms with Gasteiger partial charge in [-0.15, -0.1) is 0 Å². The molecular formula is C21H28N4O. The number of nitrogens with zero attached hydrogens (tertiary/aromatic N) is 2. The first-order valence-corrected chi connectivity index (χ1v) is 8.87. The Bertz CT molecular complexity index is 751. The van der Waals surface area contributed by atoms with Crippen LogP contribution in [0.3, 0.4) is 0 Å². The highest BCUT2D eigenvalue weighted by atomic mass is 16.2. The van der Waals surface area contributed by atoms with E-state index in [-0.39, 0.29) is 5.91 Å². The number of guanidine groups is 1. The number of aryl methyl sites for hydroxylation is 1. The van der Waals surface area contributed by atoms with Crippen LogP contribution in [0.25, 0.3) is 0 Å². The van der Waals surface area contributed by atoms with Crippen LogP contribution in [0.5, 0.6) is 0 Å². The lowest BCUT2D eigenvalue weighted by molar-refractivity contribution is 0.0827. The highest BCUT2D eigenvalue weighted by Crippen LogP contribution is 2.09. The van der Waals surface area contributed by atoms with Gasteiger partial charge in [-0.25, -0.2) is 0 Å². The maximum atomic E-state index is 11.9. The molecule has 0 saturated heterocycles. The minimum Gasteiger partial charge on any atom is -0.352 e. The van der Waals surface area contributed by atoms with Gasteiger partial charge in [0.15, 0.2) is 5.96 Å². The van der Waals surface area contributed by atoms with E-state index in [0.29, 0.717) is 12.1 Å². The predicted octanol–water partition coefficient (Wildman–Crippen LogP) is 2.82. The molecule has 26 heavy (non-hydrogen) atoms. The molecule has 0 fully saturated rings. The highest BCUT2D eigenvalue weighted by Gasteiger charge is 2.07. The molecule has 2 rings (SSSR count). The van der Waals surface area contributed by atoms with E-state index in [1.807, 2.05) is 24.3 Å². The maximum Gasteiger partial charge on any atom is 0.253 e. The maximum absolute atomic E-state index is 11.9. The average Bonchev–Trinajstić information content (AvgIpc) is 2.68. The molecule has 0 unspecified atom stereocenters. The van der Waals surface area contributed by atoms with E-state index in [1.165, 1.54) is 11.1 Å². The lowest BCUT2D eigenvalue weighted by Gasteiger charge is -2.14. The van der Waals surface area contributed by atoms with Crippen LogP contribution in [0, 0.1) is 0 Å². The Morgan fingerprint density at radius 1 is 0.962 bits per heavy atom. The van der Waals surface area contributed by atoms with Crippen LogP contribution < -0.4 is 10.6 Å². The van der Waals surface area contributed by atoms with E-state index in [1.54, 1.807) is 26.0 Å². The van der Waals surface area contributed by atoms with E-state index in [4.69, 9.17) is 0 Å². The molecule has 1 amide bonds. The summed E-state index contributed by atoms with van der Waals surface area (Å²) in [5, 5.41) is 6.66. The summed E-state index contributed by atoms with van der Waals surface area (Å²) in [7, 11) is 5.27. The van der Waals surface area contributed by atoms with Crippen molar-refractivity contribution in [1.29, 1.82) is 0 Å². The second-order valence-corrected chi connectivity index (χ2v) is 6.30. The molecule has 0 saturated carbocycles. The Labute approximate surface area is 156 Å². The van der Waals surface area contributed by atoms with E-state index in [9.17, 15) is 4.79 Å². The molecule has 0 atom stereocenters. The second-order valence-electron chi connectivity index (χ2n) is 6.30. The molecule has 138 valence electrons. The Balaban J connectivity index is 1.90. The third-order valence-electron chi connectivity index (χ3n) is 4.24. The van der Waals surface area contributed by atoms with Crippen molar-refractivity contribution in [3.63, 3.8) is 0 Å². The number of benzene rings is 2. The molecule has 2 N–H and O–H groups in total. The van der Waals surface area contributed by atoms with Gasteiger partial charge in [-0.3, -0.25) is 9.79 Å². The van der Waals surface area contributed by atoms with Crippen LogP contribution in [0.1, 0.15) is 34.0 Å². The number of aliphatic imine (C=N–C) groups is 1. The minimum atomic E-state index is 0.0107. The van der Waals surface area contributed by atoms with Crippen molar-refractivity contribution < 1.29 is 4.79 Å². The third kappa shape index (κ3) is 5.34. The second kappa shape index (κ2) is 9.61. The fourth-order valence-electron chi connectivity index (χ4n) is 2.68. The molecule has 0 bridgehead atoms. The number of rotatable bonds is 6. The summed E-state index contributed by atoms with van der Waals surface area (Å²) in [6, 6.07) is 16.1. The summed E-state index contributed by atoms with van der Waals surface area (Å²) >= 11 is 0. The van der Waals surface area contributed by atoms with Crippen LogP contribution >= 0.6 is 0 Å². The largest absolute Gasteiger partial charge is 0.352 e. The van der Waals surface area contributed by atoms with Gasteiger partial charge in [-0.05, 0) is 35.2 Å². The Morgan fingerprint density at radius 3 is 2.15 bits per heavy atom. The van der Waals surface area contributed by atoms with E-state index >= 15 is 0 Å². The van der Waals surface area contributed by atoms with Crippen molar-refractivity contribution in [2.45, 2.75) is 26.4 Å². The van der Waals surface area contributed by atoms with Gasteiger partial charge in [0, 0.05) is 39.8 Å². The number of hydrogen-bond donors (Lipinski definition) is 2. The third-order valence-corrected chi connectivity index (χ3v) is 4.24. The smallest absolute Gasteiger partial charge is 0.253 e. The number of nitrogens with one attached hydrogen (secondary N) is 2. The summed E-state index contributed by atoms with van der Waals surface area (Å²) in [5.74, 6) is 0.765. The van der Waals surface area contributed by atoms with Crippen molar-refractivity contribution in [3.8, 4) is 0 Å². The number of hydrogen-bond acceptors (Lipinski definition) is 2. The van der Waals surface area contributed by atoms with Crippen molar-refractivity contribution in [1.82, 2.24) is 15.5 Å². The fourth-order valence-corrected chi connectivity index (χ4v) is 2.68. The molecule has 0 aliphatic carbocycles. The number of amides is 1. The van der Waals surface area contributed by atoms with Crippen molar-refractivity contribution in [2.24, 2.45) is 4.99 Å². The zero-order chi connectivity index (χ0) is 18.9. The molecule has 0 heterocycles. The Kier molecular flexibility index (Phi) is 7.21. The quantitative estimate of drug-likeness (QED) is 0.621. The highest BCUT2D eigenvalue weighted by molar-refractivity contribution is 5.93. The first-order valence-electron chi connectivity index (χ1n) is 8.87. The zero-order valence-electron chi connectivity index (χ0n) is 16.0. The first-order chi connectivity index (χ1) is 12.5. The molecule has 0 aliphatic heterocycles. The van der Waals surface area contributed by atoms with Crippen LogP contribution in [0.15, 0.2) is 53.5 Å². The Hall–Kier alpha value is -2.82. The molecule has 2 aromatic carbocycles. The normalized spacial score (nSPS) is 11.2. The fraction of sp³-hybridized carbons (Fsp3) is 0.333. The van der Waals surface area contributed by atoms with E-state index in [2.05, 4.69) is 46.8 Å². The zero-order valence-corrected chi connectivity index (χ0v) is 16.0. The molecule has 0 spiro atoms. The number of carbonyl (C=O) groups excluding carboxylic acids is 1. The Morgan fingerprint density at radius 2 is 1.58 bits per heavy atom. The predicted molar refractivity (Wildman–Crippen MR) is 107 cm³/mol. The van der Waals surface area contributed by atoms with Crippen molar-refractivity contribution in [3.05, 3.63) is 70.8 Å². The van der Waals surface area contributed by atoms with Crippen molar-refractivity contribution >= 4 is 11.9 Å². The monoisotopic (exact) mass is 352 g/mol. The van der Waals surface area contributed by atoms with Crippen LogP contribution in [0.4, 0.5) is 0 Å². The minimum absolute atomic E-state index is 0.0107. The summed E-state index contributed by atoms with van der Waals surface area (Å²) in [4.78, 5) is 17.8. The summed E-state index contributed by atoms with van der Waals surface area (Å²) in [6.45, 7) is 3.54. The summed E-state index contributed by atoms with van der Waals surface area (Å²) in [6.07, 6.45) is 1.02. The van der Waals surface area contributed by atoms with Gasteiger partial charge in [0.25, 0.3) is 5.91 Å². The first kappa shape index (κ1) is 19.5. The lowest BCUT2D eigenvalue weighted by atomic mass is 10.1. The average molecular weight is 352 g/mol. The van der Waals surface area contributed by atoms with Gasteiger partial charge in [0.05, 0.1) is 0 Å². The lowest BCUT2D eigenvalue weighted by Crippen LogP contribution is -2.36. The van der Waals surface area contributed by atoms with E-state index in [0.717, 1.165) is 24.5 Å². The molecule has 5 nitrogen and oxygen atoms in total. The molecule has 0 radical (unpaired) electrons. The van der Waals surface area contributed by atoms with Gasteiger partial charge in [0.1, 0.15) is 0 Å². The molecule has 0 aromatic heterocycles. The van der Waals surface area contributed by atoms with Gasteiger partial charge in [-0.2, -0.15) is 0 Å². The van der Waals surface area contributed by atoms with Gasteiger partial charge < -0.3 is 15.5 Å². The molecule has 5 heteroatoms. The van der Waals surface area contributed by atoms with E-state index < -0.39 is 0 Å². The molecule has 0 aliphatic rings. The SMILES string of the molecule is CCc1ccccc1CNC(=NC)NCc1ccc(C(=O)N(C)C)cc1. The number of carbonyl (C=O) groups is 1. The summed E-state index contributed by atoms with van der Waals surface area (Å²) < 4.78 is 0. The van der Waals surface area contributed by atoms with Crippen LogP contribution in [-0.4, -0.2) is 37.9 Å². The molecular weight excluding hydrogens is 324 g/mol. The van der Waals surface area contributed by atoms with Gasteiger partial charge in [-0.1, -0.05) is 43.3 Å². The summed E-state index contributed by atoms with van der Waals surface area (Å²) in [5.41, 5.74) is 4.41. The van der Waals surface area contributed by atoms with Crippen LogP contribution in [0.2, 0.25) is 0 Å². The topological polar surface area (TPSA) is 56.7 Å². The van der Waals surface area contributed by atoms with Gasteiger partial charge >= 0.3 is 0 Å². The standard InChI is InChI=1S/C21H28N4O/c1-5-17-8-6-7-9-19(17)15-24-21(22-2)23-14-16-10-12-18(13-11-16)20(26)25(3)4/h6-13H,5,14-15H2,1-4H3,(H2,22,23,24). The molecule has 2 aromatic rings.